The molecule has 72 valence electrons. The summed E-state index contributed by atoms with van der Waals surface area (Å²) in [6.07, 6.45) is 2.31. The van der Waals surface area contributed by atoms with Crippen LogP contribution < -0.4 is 11.5 Å². The molecule has 1 aliphatic carbocycles. The minimum atomic E-state index is -2.46. The molecule has 0 amide bonds. The van der Waals surface area contributed by atoms with E-state index >= 15 is 0 Å². The van der Waals surface area contributed by atoms with Crippen molar-refractivity contribution in [2.24, 2.45) is 11.5 Å². The van der Waals surface area contributed by atoms with Crippen LogP contribution in [0.15, 0.2) is 0 Å². The standard InChI is InChI=1S/C6H14N2O3S/c7-6(8)3-1-2-5(4-6)11-12(9)10/h5H,1-4,7-8H2,(H,9,10)/p-1. The first kappa shape index (κ1) is 10.1. The lowest BCUT2D eigenvalue weighted by Crippen LogP contribution is -2.54. The van der Waals surface area contributed by atoms with Gasteiger partial charge in [-0.05, 0) is 19.3 Å². The SMILES string of the molecule is NC1(N)CCCC(OS(=O)[O-])C1. The van der Waals surface area contributed by atoms with E-state index in [9.17, 15) is 8.76 Å². The molecule has 0 aromatic heterocycles. The molecule has 1 aliphatic rings. The number of hydrogen-bond acceptors (Lipinski definition) is 5. The summed E-state index contributed by atoms with van der Waals surface area (Å²) in [6, 6.07) is 0. The number of hydrogen-bond donors (Lipinski definition) is 2. The van der Waals surface area contributed by atoms with Gasteiger partial charge in [-0.3, -0.25) is 4.18 Å². The summed E-state index contributed by atoms with van der Waals surface area (Å²) in [5, 5.41) is 0. The van der Waals surface area contributed by atoms with E-state index in [1.807, 2.05) is 0 Å². The molecule has 0 aromatic carbocycles. The molecule has 1 fully saturated rings. The van der Waals surface area contributed by atoms with Crippen molar-refractivity contribution in [1.29, 1.82) is 0 Å². The zero-order valence-electron chi connectivity index (χ0n) is 6.69. The summed E-state index contributed by atoms with van der Waals surface area (Å²) in [5.41, 5.74) is 10.5. The second-order valence-electron chi connectivity index (χ2n) is 3.25. The largest absolute Gasteiger partial charge is 0.750 e. The number of nitrogens with two attached hydrogens (primary N) is 2. The molecule has 0 bridgehead atoms. The van der Waals surface area contributed by atoms with Crippen LogP contribution in [0.5, 0.6) is 0 Å². The van der Waals surface area contributed by atoms with Crippen LogP contribution in [-0.2, 0) is 15.5 Å². The normalized spacial score (nSPS) is 31.4. The van der Waals surface area contributed by atoms with E-state index in [0.29, 0.717) is 12.8 Å². The van der Waals surface area contributed by atoms with Crippen molar-refractivity contribution in [3.05, 3.63) is 0 Å². The van der Waals surface area contributed by atoms with Gasteiger partial charge < -0.3 is 16.0 Å². The summed E-state index contributed by atoms with van der Waals surface area (Å²) < 4.78 is 24.9. The van der Waals surface area contributed by atoms with Crippen molar-refractivity contribution in [3.63, 3.8) is 0 Å². The Labute approximate surface area is 73.9 Å². The summed E-state index contributed by atoms with van der Waals surface area (Å²) in [6.45, 7) is 0. The molecule has 0 aliphatic heterocycles. The first-order valence-electron chi connectivity index (χ1n) is 3.84. The highest BCUT2D eigenvalue weighted by atomic mass is 32.2. The molecule has 12 heavy (non-hydrogen) atoms. The average molecular weight is 193 g/mol. The van der Waals surface area contributed by atoms with Crippen molar-refractivity contribution in [3.8, 4) is 0 Å². The smallest absolute Gasteiger partial charge is 0.0844 e. The fourth-order valence-electron chi connectivity index (χ4n) is 1.48. The Morgan fingerprint density at radius 3 is 2.75 bits per heavy atom. The monoisotopic (exact) mass is 193 g/mol. The predicted molar refractivity (Wildman–Crippen MR) is 43.4 cm³/mol. The van der Waals surface area contributed by atoms with Crippen LogP contribution in [0.3, 0.4) is 0 Å². The van der Waals surface area contributed by atoms with Crippen LogP contribution >= 0.6 is 0 Å². The third-order valence-electron chi connectivity index (χ3n) is 1.99. The van der Waals surface area contributed by atoms with Crippen LogP contribution in [0.4, 0.5) is 0 Å². The molecule has 1 saturated carbocycles. The maximum absolute atomic E-state index is 10.2. The highest BCUT2D eigenvalue weighted by Gasteiger charge is 2.29. The molecule has 0 radical (unpaired) electrons. The lowest BCUT2D eigenvalue weighted by molar-refractivity contribution is 0.113. The zero-order chi connectivity index (χ0) is 9.19. The van der Waals surface area contributed by atoms with E-state index in [1.165, 1.54) is 0 Å². The third-order valence-corrected chi connectivity index (χ3v) is 2.42. The molecule has 0 saturated heterocycles. The maximum atomic E-state index is 10.2. The van der Waals surface area contributed by atoms with Crippen LogP contribution in [0.1, 0.15) is 25.7 Å². The molecule has 2 unspecified atom stereocenters. The zero-order valence-corrected chi connectivity index (χ0v) is 7.51. The third kappa shape index (κ3) is 3.16. The quantitative estimate of drug-likeness (QED) is 0.448. The van der Waals surface area contributed by atoms with Gasteiger partial charge in [-0.15, -0.1) is 0 Å². The average Bonchev–Trinajstić information content (AvgIpc) is 1.82. The maximum Gasteiger partial charge on any atom is 0.0844 e. The molecule has 0 spiro atoms. The van der Waals surface area contributed by atoms with E-state index < -0.39 is 17.0 Å². The van der Waals surface area contributed by atoms with Crippen molar-refractivity contribution < 1.29 is 12.9 Å². The van der Waals surface area contributed by atoms with Gasteiger partial charge in [0.1, 0.15) is 0 Å². The predicted octanol–water partition coefficient (Wildman–Crippen LogP) is -0.647. The molecular weight excluding hydrogens is 180 g/mol. The van der Waals surface area contributed by atoms with Gasteiger partial charge in [-0.1, -0.05) is 0 Å². The van der Waals surface area contributed by atoms with Gasteiger partial charge in [0.05, 0.1) is 23.1 Å². The van der Waals surface area contributed by atoms with Gasteiger partial charge in [0, 0.05) is 6.42 Å². The van der Waals surface area contributed by atoms with E-state index in [4.69, 9.17) is 11.5 Å². The van der Waals surface area contributed by atoms with Crippen molar-refractivity contribution >= 4 is 11.4 Å². The summed E-state index contributed by atoms with van der Waals surface area (Å²) >= 11 is -2.46. The molecular formula is C6H13N2O3S-. The van der Waals surface area contributed by atoms with E-state index in [1.54, 1.807) is 0 Å². The lowest BCUT2D eigenvalue weighted by atomic mass is 9.89. The van der Waals surface area contributed by atoms with Gasteiger partial charge in [0.25, 0.3) is 0 Å². The van der Waals surface area contributed by atoms with Crippen LogP contribution in [-0.4, -0.2) is 20.5 Å². The first-order valence-corrected chi connectivity index (χ1v) is 4.84. The molecule has 4 N–H and O–H groups in total. The minimum Gasteiger partial charge on any atom is -0.750 e. The Bertz CT molecular complexity index is 186. The van der Waals surface area contributed by atoms with Gasteiger partial charge in [0.15, 0.2) is 0 Å². The highest BCUT2D eigenvalue weighted by molar-refractivity contribution is 7.74. The summed E-state index contributed by atoms with van der Waals surface area (Å²) in [5.74, 6) is 0. The van der Waals surface area contributed by atoms with Crippen molar-refractivity contribution in [1.82, 2.24) is 0 Å². The van der Waals surface area contributed by atoms with Crippen molar-refractivity contribution in [2.75, 3.05) is 0 Å². The van der Waals surface area contributed by atoms with Crippen LogP contribution in [0.2, 0.25) is 0 Å². The van der Waals surface area contributed by atoms with Crippen molar-refractivity contribution in [2.45, 2.75) is 37.5 Å². The Morgan fingerprint density at radius 2 is 2.25 bits per heavy atom. The van der Waals surface area contributed by atoms with E-state index in [-0.39, 0.29) is 6.10 Å². The van der Waals surface area contributed by atoms with Crippen LogP contribution in [0.25, 0.3) is 0 Å². The minimum absolute atomic E-state index is 0.341. The Hall–Kier alpha value is -0.0100. The summed E-state index contributed by atoms with van der Waals surface area (Å²) in [7, 11) is 0. The Balaban J connectivity index is 2.41. The Kier molecular flexibility index (Phi) is 3.19. The topological polar surface area (TPSA) is 101 Å². The fraction of sp³-hybridized carbons (Fsp3) is 1.00. The molecule has 1 rings (SSSR count). The van der Waals surface area contributed by atoms with E-state index in [2.05, 4.69) is 4.18 Å². The second kappa shape index (κ2) is 3.80. The van der Waals surface area contributed by atoms with Crippen LogP contribution in [0, 0.1) is 0 Å². The Morgan fingerprint density at radius 1 is 1.58 bits per heavy atom. The molecule has 0 aromatic rings. The first-order chi connectivity index (χ1) is 5.49. The van der Waals surface area contributed by atoms with Gasteiger partial charge in [0.2, 0.25) is 0 Å². The van der Waals surface area contributed by atoms with E-state index in [0.717, 1.165) is 12.8 Å². The van der Waals surface area contributed by atoms with Gasteiger partial charge in [-0.2, -0.15) is 0 Å². The number of rotatable bonds is 2. The van der Waals surface area contributed by atoms with Gasteiger partial charge in [-0.25, -0.2) is 4.21 Å². The van der Waals surface area contributed by atoms with Gasteiger partial charge >= 0.3 is 0 Å². The second-order valence-corrected chi connectivity index (χ2v) is 3.85. The highest BCUT2D eigenvalue weighted by Crippen LogP contribution is 2.24. The molecule has 5 nitrogen and oxygen atoms in total. The molecule has 2 atom stereocenters. The summed E-state index contributed by atoms with van der Waals surface area (Å²) in [4.78, 5) is 0. The molecule has 0 heterocycles. The molecule has 6 heteroatoms. The fourth-order valence-corrected chi connectivity index (χ4v) is 1.87. The lowest BCUT2D eigenvalue weighted by Gasteiger charge is -2.34.